The summed E-state index contributed by atoms with van der Waals surface area (Å²) in [5, 5.41) is 3.17. The van der Waals surface area contributed by atoms with Crippen LogP contribution in [0.4, 0.5) is 5.69 Å². The van der Waals surface area contributed by atoms with Crippen LogP contribution in [0.15, 0.2) is 42.7 Å². The maximum absolute atomic E-state index is 3.54. The standard InChI is InChI=1S/C12H15N/c1-3-4-5-8-11-9-6-7-10-12(11)13-2/h4,6-7,9-10,13H,1,5,8H2,2H3. The molecular weight excluding hydrogens is 158 g/mol. The van der Waals surface area contributed by atoms with Crippen molar-refractivity contribution in [2.45, 2.75) is 12.8 Å². The lowest BCUT2D eigenvalue weighted by molar-refractivity contribution is 1.00. The first-order chi connectivity index (χ1) is 6.38. The van der Waals surface area contributed by atoms with E-state index in [0.29, 0.717) is 0 Å². The summed E-state index contributed by atoms with van der Waals surface area (Å²) < 4.78 is 0. The van der Waals surface area contributed by atoms with Crippen LogP contribution in [0.2, 0.25) is 0 Å². The summed E-state index contributed by atoms with van der Waals surface area (Å²) >= 11 is 0. The molecule has 1 heteroatoms. The van der Waals surface area contributed by atoms with E-state index in [1.54, 1.807) is 0 Å². The molecule has 0 saturated carbocycles. The Morgan fingerprint density at radius 2 is 2.23 bits per heavy atom. The second-order valence-corrected chi connectivity index (χ2v) is 2.85. The van der Waals surface area contributed by atoms with Crippen LogP contribution in [0.25, 0.3) is 0 Å². The first kappa shape index (κ1) is 9.63. The van der Waals surface area contributed by atoms with Gasteiger partial charge in [0.05, 0.1) is 0 Å². The normalized spacial score (nSPS) is 9.00. The van der Waals surface area contributed by atoms with E-state index >= 15 is 0 Å². The molecule has 1 N–H and O–H groups in total. The van der Waals surface area contributed by atoms with Gasteiger partial charge in [-0.25, -0.2) is 0 Å². The van der Waals surface area contributed by atoms with Crippen LogP contribution in [-0.2, 0) is 6.42 Å². The van der Waals surface area contributed by atoms with E-state index < -0.39 is 0 Å². The largest absolute Gasteiger partial charge is 0.388 e. The first-order valence-electron chi connectivity index (χ1n) is 4.48. The van der Waals surface area contributed by atoms with E-state index in [1.807, 2.05) is 19.2 Å². The highest BCUT2D eigenvalue weighted by Crippen LogP contribution is 2.15. The molecule has 1 aromatic rings. The van der Waals surface area contributed by atoms with Crippen LogP contribution in [0.5, 0.6) is 0 Å². The van der Waals surface area contributed by atoms with Crippen LogP contribution in [0, 0.1) is 0 Å². The van der Waals surface area contributed by atoms with Gasteiger partial charge in [0.1, 0.15) is 0 Å². The van der Waals surface area contributed by atoms with Crippen LogP contribution >= 0.6 is 0 Å². The van der Waals surface area contributed by atoms with Crippen LogP contribution in [0.1, 0.15) is 12.0 Å². The second kappa shape index (κ2) is 5.23. The Bertz CT molecular complexity index is 309. The Hall–Kier alpha value is -1.46. The highest BCUT2D eigenvalue weighted by Gasteiger charge is 1.96. The maximum atomic E-state index is 3.54. The van der Waals surface area contributed by atoms with Gasteiger partial charge in [-0.2, -0.15) is 0 Å². The summed E-state index contributed by atoms with van der Waals surface area (Å²) in [7, 11) is 1.95. The van der Waals surface area contributed by atoms with Crippen molar-refractivity contribution < 1.29 is 0 Å². The molecule has 0 aliphatic carbocycles. The summed E-state index contributed by atoms with van der Waals surface area (Å²) in [6.45, 7) is 3.54. The van der Waals surface area contributed by atoms with Gasteiger partial charge < -0.3 is 5.32 Å². The second-order valence-electron chi connectivity index (χ2n) is 2.85. The molecule has 0 aromatic heterocycles. The lowest BCUT2D eigenvalue weighted by Crippen LogP contribution is -1.94. The van der Waals surface area contributed by atoms with Gasteiger partial charge in [-0.05, 0) is 30.5 Å². The minimum Gasteiger partial charge on any atom is -0.388 e. The van der Waals surface area contributed by atoms with Crippen molar-refractivity contribution in [2.75, 3.05) is 12.4 Å². The molecule has 1 rings (SSSR count). The van der Waals surface area contributed by atoms with Crippen molar-refractivity contribution in [3.05, 3.63) is 48.2 Å². The molecule has 0 fully saturated rings. The van der Waals surface area contributed by atoms with E-state index in [2.05, 4.69) is 35.8 Å². The molecule has 1 aromatic carbocycles. The van der Waals surface area contributed by atoms with Crippen molar-refractivity contribution in [3.63, 3.8) is 0 Å². The summed E-state index contributed by atoms with van der Waals surface area (Å²) in [4.78, 5) is 0. The molecule has 0 atom stereocenters. The van der Waals surface area contributed by atoms with Crippen molar-refractivity contribution in [1.29, 1.82) is 0 Å². The van der Waals surface area contributed by atoms with Crippen LogP contribution < -0.4 is 5.32 Å². The Morgan fingerprint density at radius 1 is 1.46 bits per heavy atom. The smallest absolute Gasteiger partial charge is 0.0370 e. The number of aryl methyl sites for hydroxylation is 1. The lowest BCUT2D eigenvalue weighted by Gasteiger charge is -2.06. The third-order valence-electron chi connectivity index (χ3n) is 1.99. The average molecular weight is 173 g/mol. The minimum atomic E-state index is 1.00. The molecule has 0 aliphatic rings. The fourth-order valence-electron chi connectivity index (χ4n) is 1.31. The zero-order valence-electron chi connectivity index (χ0n) is 8.01. The van der Waals surface area contributed by atoms with Gasteiger partial charge in [0, 0.05) is 12.7 Å². The predicted molar refractivity (Wildman–Crippen MR) is 58.0 cm³/mol. The number of hydrogen-bond donors (Lipinski definition) is 1. The van der Waals surface area contributed by atoms with Crippen molar-refractivity contribution >= 4 is 5.69 Å². The van der Waals surface area contributed by atoms with Crippen LogP contribution in [-0.4, -0.2) is 7.05 Å². The number of benzene rings is 1. The van der Waals surface area contributed by atoms with E-state index in [0.717, 1.165) is 12.8 Å². The molecule has 0 aliphatic heterocycles. The topological polar surface area (TPSA) is 12.0 Å². The van der Waals surface area contributed by atoms with Gasteiger partial charge >= 0.3 is 0 Å². The summed E-state index contributed by atoms with van der Waals surface area (Å²) in [5.41, 5.74) is 5.33. The molecule has 0 saturated heterocycles. The molecule has 0 amide bonds. The number of nitrogens with one attached hydrogen (secondary N) is 1. The Labute approximate surface area is 79.8 Å². The summed E-state index contributed by atoms with van der Waals surface area (Å²) in [5.74, 6) is 0. The first-order valence-corrected chi connectivity index (χ1v) is 4.48. The molecule has 0 unspecified atom stereocenters. The van der Waals surface area contributed by atoms with E-state index in [9.17, 15) is 0 Å². The quantitative estimate of drug-likeness (QED) is 0.690. The zero-order valence-corrected chi connectivity index (χ0v) is 8.01. The fourth-order valence-corrected chi connectivity index (χ4v) is 1.31. The molecule has 0 heterocycles. The predicted octanol–water partition coefficient (Wildman–Crippen LogP) is 3.00. The SMILES string of the molecule is C=C=CCCc1ccccc1NC. The van der Waals surface area contributed by atoms with Gasteiger partial charge in [0.15, 0.2) is 0 Å². The van der Waals surface area contributed by atoms with Crippen molar-refractivity contribution in [2.24, 2.45) is 0 Å². The van der Waals surface area contributed by atoms with Crippen molar-refractivity contribution in [3.8, 4) is 0 Å². The van der Waals surface area contributed by atoms with E-state index in [4.69, 9.17) is 0 Å². The molecule has 0 radical (unpaired) electrons. The number of para-hydroxylation sites is 1. The molecule has 68 valence electrons. The lowest BCUT2D eigenvalue weighted by atomic mass is 10.1. The third-order valence-corrected chi connectivity index (χ3v) is 1.99. The number of anilines is 1. The Balaban J connectivity index is 2.69. The Morgan fingerprint density at radius 3 is 2.92 bits per heavy atom. The molecule has 0 spiro atoms. The van der Waals surface area contributed by atoms with E-state index in [-0.39, 0.29) is 0 Å². The fraction of sp³-hybridized carbons (Fsp3) is 0.250. The average Bonchev–Trinajstić information content (AvgIpc) is 2.19. The van der Waals surface area contributed by atoms with Gasteiger partial charge in [0.2, 0.25) is 0 Å². The summed E-state index contributed by atoms with van der Waals surface area (Å²) in [6, 6.07) is 8.34. The van der Waals surface area contributed by atoms with E-state index in [1.165, 1.54) is 11.3 Å². The van der Waals surface area contributed by atoms with Crippen LogP contribution in [0.3, 0.4) is 0 Å². The number of hydrogen-bond acceptors (Lipinski definition) is 1. The molecular formula is C12H15N. The maximum Gasteiger partial charge on any atom is 0.0370 e. The van der Waals surface area contributed by atoms with Gasteiger partial charge in [-0.3, -0.25) is 0 Å². The highest BCUT2D eigenvalue weighted by atomic mass is 14.8. The Kier molecular flexibility index (Phi) is 3.87. The van der Waals surface area contributed by atoms with Gasteiger partial charge in [-0.15, -0.1) is 5.73 Å². The highest BCUT2D eigenvalue weighted by molar-refractivity contribution is 5.50. The molecule has 13 heavy (non-hydrogen) atoms. The zero-order chi connectivity index (χ0) is 9.52. The minimum absolute atomic E-state index is 1.00. The van der Waals surface area contributed by atoms with Gasteiger partial charge in [-0.1, -0.05) is 24.8 Å². The number of allylic oxidation sites excluding steroid dienone is 1. The summed E-state index contributed by atoms with van der Waals surface area (Å²) in [6.07, 6.45) is 4.01. The molecule has 1 nitrogen and oxygen atoms in total. The van der Waals surface area contributed by atoms with Gasteiger partial charge in [0.25, 0.3) is 0 Å². The monoisotopic (exact) mass is 173 g/mol. The number of rotatable bonds is 4. The third kappa shape index (κ3) is 2.81. The van der Waals surface area contributed by atoms with Crippen molar-refractivity contribution in [1.82, 2.24) is 0 Å². The molecule has 0 bridgehead atoms.